The largest absolute Gasteiger partial charge is 0.416 e. The fraction of sp³-hybridized carbons (Fsp3) is 0.588. The first-order valence-corrected chi connectivity index (χ1v) is 10.2. The molecule has 0 saturated carbocycles. The molecule has 0 radical (unpaired) electrons. The van der Waals surface area contributed by atoms with E-state index in [1.165, 1.54) is 11.0 Å². The van der Waals surface area contributed by atoms with Crippen molar-refractivity contribution in [3.63, 3.8) is 0 Å². The molecule has 3 rings (SSSR count). The minimum absolute atomic E-state index is 0.0203. The molecule has 4 nitrogen and oxygen atoms in total. The molecule has 138 valence electrons. The Balaban J connectivity index is 1.77. The first-order valence-electron chi connectivity index (χ1n) is 8.37. The van der Waals surface area contributed by atoms with Gasteiger partial charge < -0.3 is 4.90 Å². The van der Waals surface area contributed by atoms with Gasteiger partial charge in [-0.15, -0.1) is 0 Å². The Bertz CT molecular complexity index is 774. The van der Waals surface area contributed by atoms with Crippen molar-refractivity contribution in [3.8, 4) is 0 Å². The van der Waals surface area contributed by atoms with E-state index in [0.29, 0.717) is 43.5 Å². The van der Waals surface area contributed by atoms with Crippen molar-refractivity contribution in [2.75, 3.05) is 23.0 Å². The molecule has 25 heavy (non-hydrogen) atoms. The second-order valence-corrected chi connectivity index (χ2v) is 9.05. The summed E-state index contributed by atoms with van der Waals surface area (Å²) in [6.07, 6.45) is -1.92. The smallest absolute Gasteiger partial charge is 0.312 e. The van der Waals surface area contributed by atoms with Crippen molar-refractivity contribution in [2.45, 2.75) is 38.3 Å². The molecule has 1 amide bonds. The summed E-state index contributed by atoms with van der Waals surface area (Å²) in [6, 6.07) is 3.46. The van der Waals surface area contributed by atoms with E-state index in [4.69, 9.17) is 0 Å². The minimum Gasteiger partial charge on any atom is -0.312 e. The van der Waals surface area contributed by atoms with Gasteiger partial charge in [-0.3, -0.25) is 4.79 Å². The van der Waals surface area contributed by atoms with Crippen LogP contribution in [0.15, 0.2) is 18.2 Å². The number of nitrogens with zero attached hydrogens (tertiary/aromatic N) is 1. The monoisotopic (exact) mass is 375 g/mol. The van der Waals surface area contributed by atoms with Gasteiger partial charge in [-0.2, -0.15) is 13.2 Å². The molecular weight excluding hydrogens is 355 g/mol. The zero-order valence-electron chi connectivity index (χ0n) is 13.7. The minimum atomic E-state index is -4.40. The molecule has 1 aromatic carbocycles. The highest BCUT2D eigenvalue weighted by Crippen LogP contribution is 2.35. The number of sulfone groups is 1. The molecule has 0 bridgehead atoms. The number of fused-ring (bicyclic) bond motifs is 1. The van der Waals surface area contributed by atoms with Crippen LogP contribution in [0.2, 0.25) is 0 Å². The summed E-state index contributed by atoms with van der Waals surface area (Å²) < 4.78 is 62.0. The number of amides is 1. The Morgan fingerprint density at radius 1 is 1.24 bits per heavy atom. The third-order valence-corrected chi connectivity index (χ3v) is 6.74. The van der Waals surface area contributed by atoms with Gasteiger partial charge in [-0.05, 0) is 55.4 Å². The van der Waals surface area contributed by atoms with E-state index in [1.807, 2.05) is 0 Å². The summed E-state index contributed by atoms with van der Waals surface area (Å²) in [6.45, 7) is 0.455. The molecule has 2 aliphatic heterocycles. The number of halogens is 3. The standard InChI is InChI=1S/C17H20F3NO3S/c18-17(19,20)14-5-6-15-13(10-14)4-1-7-21(15)16(22)9-12-3-2-8-25(23,24)11-12/h5-6,10,12H,1-4,7-9,11H2. The van der Waals surface area contributed by atoms with Crippen LogP contribution in [0.1, 0.15) is 36.8 Å². The fourth-order valence-electron chi connectivity index (χ4n) is 3.67. The number of carbonyl (C=O) groups is 1. The maximum Gasteiger partial charge on any atom is 0.416 e. The van der Waals surface area contributed by atoms with E-state index in [2.05, 4.69) is 0 Å². The number of hydrogen-bond acceptors (Lipinski definition) is 3. The van der Waals surface area contributed by atoms with E-state index in [1.54, 1.807) is 0 Å². The third kappa shape index (κ3) is 4.16. The highest BCUT2D eigenvalue weighted by molar-refractivity contribution is 7.91. The number of anilines is 1. The summed E-state index contributed by atoms with van der Waals surface area (Å²) in [5, 5.41) is 0. The SMILES string of the molecule is O=C(CC1CCCS(=O)(=O)C1)N1CCCc2cc(C(F)(F)F)ccc21. The van der Waals surface area contributed by atoms with E-state index >= 15 is 0 Å². The average molecular weight is 375 g/mol. The van der Waals surface area contributed by atoms with Crippen LogP contribution in [-0.4, -0.2) is 32.4 Å². The van der Waals surface area contributed by atoms with Crippen LogP contribution in [0.5, 0.6) is 0 Å². The molecule has 2 aliphatic rings. The quantitative estimate of drug-likeness (QED) is 0.798. The van der Waals surface area contributed by atoms with Crippen molar-refractivity contribution >= 4 is 21.4 Å². The lowest BCUT2D eigenvalue weighted by Gasteiger charge is -2.32. The van der Waals surface area contributed by atoms with Gasteiger partial charge in [0.1, 0.15) is 0 Å². The van der Waals surface area contributed by atoms with Gasteiger partial charge in [0.15, 0.2) is 9.84 Å². The van der Waals surface area contributed by atoms with Crippen LogP contribution < -0.4 is 4.90 Å². The van der Waals surface area contributed by atoms with E-state index in [-0.39, 0.29) is 29.8 Å². The van der Waals surface area contributed by atoms with Crippen molar-refractivity contribution in [2.24, 2.45) is 5.92 Å². The van der Waals surface area contributed by atoms with Gasteiger partial charge >= 0.3 is 6.18 Å². The lowest BCUT2D eigenvalue weighted by atomic mass is 9.96. The number of carbonyl (C=O) groups excluding carboxylic acids is 1. The predicted molar refractivity (Wildman–Crippen MR) is 88.1 cm³/mol. The Labute approximate surface area is 144 Å². The number of alkyl halides is 3. The molecule has 1 atom stereocenters. The Morgan fingerprint density at radius 2 is 2.00 bits per heavy atom. The van der Waals surface area contributed by atoms with E-state index in [9.17, 15) is 26.4 Å². The van der Waals surface area contributed by atoms with Gasteiger partial charge in [0.05, 0.1) is 17.1 Å². The number of rotatable bonds is 2. The van der Waals surface area contributed by atoms with Crippen LogP contribution in [-0.2, 0) is 27.2 Å². The average Bonchev–Trinajstić information content (AvgIpc) is 2.52. The summed E-state index contributed by atoms with van der Waals surface area (Å²) in [7, 11) is -3.09. The first-order chi connectivity index (χ1) is 11.7. The fourth-order valence-corrected chi connectivity index (χ4v) is 5.44. The molecule has 0 aromatic heterocycles. The van der Waals surface area contributed by atoms with E-state index < -0.39 is 21.6 Å². The zero-order valence-corrected chi connectivity index (χ0v) is 14.5. The van der Waals surface area contributed by atoms with Crippen molar-refractivity contribution < 1.29 is 26.4 Å². The lowest BCUT2D eigenvalue weighted by Crippen LogP contribution is -2.38. The maximum absolute atomic E-state index is 12.9. The molecular formula is C17H20F3NO3S. The summed E-state index contributed by atoms with van der Waals surface area (Å²) in [4.78, 5) is 14.1. The van der Waals surface area contributed by atoms with Crippen molar-refractivity contribution in [3.05, 3.63) is 29.3 Å². The molecule has 0 aliphatic carbocycles. The number of aryl methyl sites for hydroxylation is 1. The van der Waals surface area contributed by atoms with Crippen LogP contribution >= 0.6 is 0 Å². The highest BCUT2D eigenvalue weighted by atomic mass is 32.2. The van der Waals surface area contributed by atoms with E-state index in [0.717, 1.165) is 12.1 Å². The van der Waals surface area contributed by atoms with Crippen LogP contribution in [0.3, 0.4) is 0 Å². The summed E-state index contributed by atoms with van der Waals surface area (Å²) in [5.41, 5.74) is 0.326. The van der Waals surface area contributed by atoms with Gasteiger partial charge in [0, 0.05) is 18.7 Å². The highest BCUT2D eigenvalue weighted by Gasteiger charge is 2.33. The molecule has 1 fully saturated rings. The Kier molecular flexibility index (Phi) is 4.83. The Morgan fingerprint density at radius 3 is 2.68 bits per heavy atom. The van der Waals surface area contributed by atoms with Crippen molar-refractivity contribution in [1.29, 1.82) is 0 Å². The topological polar surface area (TPSA) is 54.5 Å². The lowest BCUT2D eigenvalue weighted by molar-refractivity contribution is -0.137. The molecule has 8 heteroatoms. The van der Waals surface area contributed by atoms with Gasteiger partial charge in [-0.1, -0.05) is 0 Å². The number of benzene rings is 1. The number of hydrogen-bond donors (Lipinski definition) is 0. The molecule has 1 aromatic rings. The van der Waals surface area contributed by atoms with Gasteiger partial charge in [-0.25, -0.2) is 8.42 Å². The maximum atomic E-state index is 12.9. The van der Waals surface area contributed by atoms with Crippen LogP contribution in [0.4, 0.5) is 18.9 Å². The summed E-state index contributed by atoms with van der Waals surface area (Å²) >= 11 is 0. The first kappa shape index (κ1) is 18.2. The zero-order chi connectivity index (χ0) is 18.2. The summed E-state index contributed by atoms with van der Waals surface area (Å²) in [5.74, 6) is -0.217. The molecule has 1 saturated heterocycles. The van der Waals surface area contributed by atoms with Crippen molar-refractivity contribution in [1.82, 2.24) is 0 Å². The third-order valence-electron chi connectivity index (χ3n) is 4.85. The van der Waals surface area contributed by atoms with Gasteiger partial charge in [0.25, 0.3) is 0 Å². The van der Waals surface area contributed by atoms with Crippen LogP contribution in [0, 0.1) is 5.92 Å². The van der Waals surface area contributed by atoms with Gasteiger partial charge in [0.2, 0.25) is 5.91 Å². The van der Waals surface area contributed by atoms with Crippen LogP contribution in [0.25, 0.3) is 0 Å². The second-order valence-electron chi connectivity index (χ2n) is 6.82. The normalized spacial score (nSPS) is 23.2. The Hall–Kier alpha value is -1.57. The molecule has 2 heterocycles. The predicted octanol–water partition coefficient (Wildman–Crippen LogP) is 3.20. The molecule has 0 N–H and O–H groups in total. The second kappa shape index (κ2) is 6.63. The molecule has 0 spiro atoms. The molecule has 1 unspecified atom stereocenters.